The molecule has 1 aromatic rings. The third kappa shape index (κ3) is 9.20. The summed E-state index contributed by atoms with van der Waals surface area (Å²) in [6.07, 6.45) is -4.66. The van der Waals surface area contributed by atoms with E-state index in [-0.39, 0.29) is 0 Å². The van der Waals surface area contributed by atoms with Gasteiger partial charge in [-0.05, 0) is 46.9 Å². The first-order valence-corrected chi connectivity index (χ1v) is 9.79. The molecule has 0 bridgehead atoms. The molecule has 0 heterocycles. The Hall–Kier alpha value is -2.70. The summed E-state index contributed by atoms with van der Waals surface area (Å²) in [4.78, 5) is 58.8. The van der Waals surface area contributed by atoms with Gasteiger partial charge in [0.05, 0.1) is 0 Å². The Morgan fingerprint density at radius 2 is 1.37 bits per heavy atom. The van der Waals surface area contributed by atoms with Crippen LogP contribution in [0.15, 0.2) is 24.3 Å². The van der Waals surface area contributed by atoms with Gasteiger partial charge >= 0.3 is 23.9 Å². The second kappa shape index (κ2) is 12.1. The average Bonchev–Trinajstić information content (AvgIpc) is 2.62. The molecular formula is C19H22INO9. The van der Waals surface area contributed by atoms with E-state index >= 15 is 0 Å². The monoisotopic (exact) mass is 535 g/mol. The van der Waals surface area contributed by atoms with Crippen molar-refractivity contribution >= 4 is 58.1 Å². The third-order valence-electron chi connectivity index (χ3n) is 3.40. The lowest BCUT2D eigenvalue weighted by Gasteiger charge is -2.30. The molecule has 30 heavy (non-hydrogen) atoms. The summed E-state index contributed by atoms with van der Waals surface area (Å²) in [6, 6.07) is 6.72. The molecule has 1 rings (SSSR count). The van der Waals surface area contributed by atoms with Crippen molar-refractivity contribution in [3.63, 3.8) is 0 Å². The average molecular weight is 535 g/mol. The molecule has 0 unspecified atom stereocenters. The second-order valence-electron chi connectivity index (χ2n) is 6.05. The van der Waals surface area contributed by atoms with Gasteiger partial charge in [-0.3, -0.25) is 24.0 Å². The van der Waals surface area contributed by atoms with Crippen molar-refractivity contribution < 1.29 is 42.9 Å². The standard InChI is InChI=1S/C19H22INO9/c1-10(22)27-9-16(28-11(2)23)17(29-12(3)24)18(30-13(4)25)19(26)21-15-7-5-14(20)6-8-15/h5-8,16-18H,9H2,1-4H3,(H,21,26)/t16-,17-,18+/m0/s1. The smallest absolute Gasteiger partial charge is 0.303 e. The van der Waals surface area contributed by atoms with Crippen molar-refractivity contribution in [2.75, 3.05) is 11.9 Å². The van der Waals surface area contributed by atoms with Gasteiger partial charge in [-0.25, -0.2) is 0 Å². The largest absolute Gasteiger partial charge is 0.462 e. The minimum atomic E-state index is -1.69. The Morgan fingerprint density at radius 1 is 0.833 bits per heavy atom. The number of carbonyl (C=O) groups is 5. The molecule has 164 valence electrons. The fourth-order valence-electron chi connectivity index (χ4n) is 2.33. The SMILES string of the molecule is CC(=O)OC[C@H](OC(C)=O)[C@H](OC(C)=O)[C@@H](OC(C)=O)C(=O)Nc1ccc(I)cc1. The maximum absolute atomic E-state index is 12.9. The van der Waals surface area contributed by atoms with Gasteiger partial charge in [0.25, 0.3) is 5.91 Å². The summed E-state index contributed by atoms with van der Waals surface area (Å²) in [7, 11) is 0. The zero-order valence-electron chi connectivity index (χ0n) is 16.8. The van der Waals surface area contributed by atoms with Crippen LogP contribution in [0.5, 0.6) is 0 Å². The molecule has 0 aliphatic heterocycles. The summed E-state index contributed by atoms with van der Waals surface area (Å²) in [5.74, 6) is -3.99. The summed E-state index contributed by atoms with van der Waals surface area (Å²) in [5.41, 5.74) is 0.392. The van der Waals surface area contributed by atoms with E-state index in [1.54, 1.807) is 24.3 Å². The molecule has 0 saturated heterocycles. The van der Waals surface area contributed by atoms with Crippen LogP contribution >= 0.6 is 22.6 Å². The number of benzene rings is 1. The topological polar surface area (TPSA) is 134 Å². The molecule has 1 N–H and O–H groups in total. The van der Waals surface area contributed by atoms with Crippen LogP contribution in [0.4, 0.5) is 5.69 Å². The molecule has 11 heteroatoms. The molecule has 3 atom stereocenters. The first-order valence-electron chi connectivity index (χ1n) is 8.71. The molecule has 10 nitrogen and oxygen atoms in total. The Morgan fingerprint density at radius 3 is 1.83 bits per heavy atom. The van der Waals surface area contributed by atoms with Crippen LogP contribution in [0.2, 0.25) is 0 Å². The Bertz CT molecular complexity index is 794. The van der Waals surface area contributed by atoms with E-state index in [4.69, 9.17) is 18.9 Å². The zero-order valence-corrected chi connectivity index (χ0v) is 19.0. The molecular weight excluding hydrogens is 513 g/mol. The van der Waals surface area contributed by atoms with Gasteiger partial charge in [0.15, 0.2) is 12.2 Å². The van der Waals surface area contributed by atoms with E-state index < -0.39 is 54.7 Å². The lowest BCUT2D eigenvalue weighted by Crippen LogP contribution is -2.52. The van der Waals surface area contributed by atoms with Crippen LogP contribution in [0.3, 0.4) is 0 Å². The van der Waals surface area contributed by atoms with Crippen LogP contribution in [0.25, 0.3) is 0 Å². The number of carbonyl (C=O) groups excluding carboxylic acids is 5. The van der Waals surface area contributed by atoms with Crippen molar-refractivity contribution in [1.29, 1.82) is 0 Å². The van der Waals surface area contributed by atoms with Crippen molar-refractivity contribution in [3.05, 3.63) is 27.8 Å². The number of esters is 4. The maximum Gasteiger partial charge on any atom is 0.303 e. The molecule has 0 aliphatic carbocycles. The molecule has 0 aromatic heterocycles. The van der Waals surface area contributed by atoms with E-state index in [1.165, 1.54) is 0 Å². The third-order valence-corrected chi connectivity index (χ3v) is 4.12. The van der Waals surface area contributed by atoms with Gasteiger partial charge in [-0.2, -0.15) is 0 Å². The van der Waals surface area contributed by atoms with Crippen molar-refractivity contribution in [2.24, 2.45) is 0 Å². The second-order valence-corrected chi connectivity index (χ2v) is 7.30. The van der Waals surface area contributed by atoms with Gasteiger partial charge in [0.2, 0.25) is 6.10 Å². The molecule has 1 amide bonds. The Balaban J connectivity index is 3.25. The number of halogens is 1. The van der Waals surface area contributed by atoms with Crippen LogP contribution < -0.4 is 5.32 Å². The zero-order chi connectivity index (χ0) is 22.8. The predicted molar refractivity (Wildman–Crippen MR) is 111 cm³/mol. The van der Waals surface area contributed by atoms with Crippen LogP contribution in [-0.2, 0) is 42.9 Å². The minimum absolute atomic E-state index is 0.392. The first-order chi connectivity index (χ1) is 14.0. The first kappa shape index (κ1) is 25.3. The van der Waals surface area contributed by atoms with Crippen molar-refractivity contribution in [3.8, 4) is 0 Å². The van der Waals surface area contributed by atoms with Gasteiger partial charge in [-0.15, -0.1) is 0 Å². The van der Waals surface area contributed by atoms with E-state index in [9.17, 15) is 24.0 Å². The molecule has 0 saturated carbocycles. The van der Waals surface area contributed by atoms with Crippen LogP contribution in [0.1, 0.15) is 27.7 Å². The fraction of sp³-hybridized carbons (Fsp3) is 0.421. The Kier molecular flexibility index (Phi) is 10.2. The van der Waals surface area contributed by atoms with E-state index in [0.717, 1.165) is 31.3 Å². The lowest BCUT2D eigenvalue weighted by atomic mass is 10.1. The molecule has 0 fully saturated rings. The fourth-order valence-corrected chi connectivity index (χ4v) is 2.69. The Labute approximate surface area is 186 Å². The van der Waals surface area contributed by atoms with Gasteiger partial charge in [0, 0.05) is 37.0 Å². The number of hydrogen-bond donors (Lipinski definition) is 1. The molecule has 1 aromatic carbocycles. The lowest BCUT2D eigenvalue weighted by molar-refractivity contribution is -0.190. The maximum atomic E-state index is 12.9. The predicted octanol–water partition coefficient (Wildman–Crippen LogP) is 1.59. The highest BCUT2D eigenvalue weighted by Crippen LogP contribution is 2.18. The van der Waals surface area contributed by atoms with E-state index in [2.05, 4.69) is 27.9 Å². The van der Waals surface area contributed by atoms with Crippen molar-refractivity contribution in [1.82, 2.24) is 0 Å². The number of anilines is 1. The van der Waals surface area contributed by atoms with Gasteiger partial charge in [-0.1, -0.05) is 0 Å². The highest BCUT2D eigenvalue weighted by Gasteiger charge is 2.42. The van der Waals surface area contributed by atoms with E-state index in [1.807, 2.05) is 0 Å². The van der Waals surface area contributed by atoms with Gasteiger partial charge in [0.1, 0.15) is 6.61 Å². The number of amides is 1. The highest BCUT2D eigenvalue weighted by atomic mass is 127. The molecule has 0 radical (unpaired) electrons. The highest BCUT2D eigenvalue weighted by molar-refractivity contribution is 14.1. The number of ether oxygens (including phenoxy) is 4. The number of nitrogens with one attached hydrogen (secondary N) is 1. The van der Waals surface area contributed by atoms with Crippen LogP contribution in [0, 0.1) is 3.57 Å². The van der Waals surface area contributed by atoms with E-state index in [0.29, 0.717) is 5.69 Å². The quantitative estimate of drug-likeness (QED) is 0.284. The summed E-state index contributed by atoms with van der Waals surface area (Å²) in [5, 5.41) is 2.54. The number of rotatable bonds is 9. The summed E-state index contributed by atoms with van der Waals surface area (Å²) < 4.78 is 21.1. The summed E-state index contributed by atoms with van der Waals surface area (Å²) >= 11 is 2.09. The van der Waals surface area contributed by atoms with Gasteiger partial charge < -0.3 is 24.3 Å². The minimum Gasteiger partial charge on any atom is -0.462 e. The normalized spacial score (nSPS) is 13.2. The summed E-state index contributed by atoms with van der Waals surface area (Å²) in [6.45, 7) is 3.80. The molecule has 0 aliphatic rings. The molecule has 0 spiro atoms. The van der Waals surface area contributed by atoms with Crippen molar-refractivity contribution in [2.45, 2.75) is 46.0 Å². The number of hydrogen-bond acceptors (Lipinski definition) is 9. The van der Waals surface area contributed by atoms with Crippen LogP contribution in [-0.4, -0.2) is 54.7 Å².